The summed E-state index contributed by atoms with van der Waals surface area (Å²) in [6.07, 6.45) is -3.25. The first-order valence-electron chi connectivity index (χ1n) is 9.73. The molecule has 0 atom stereocenters. The molecule has 3 rings (SSSR count). The molecule has 2 aromatic rings. The molecule has 1 aliphatic rings. The van der Waals surface area contributed by atoms with Gasteiger partial charge in [0.2, 0.25) is 0 Å². The molecule has 170 valence electrons. The summed E-state index contributed by atoms with van der Waals surface area (Å²) < 4.78 is 38.9. The van der Waals surface area contributed by atoms with Gasteiger partial charge in [-0.15, -0.1) is 0 Å². The molecule has 7 nitrogen and oxygen atoms in total. The summed E-state index contributed by atoms with van der Waals surface area (Å²) in [5.74, 6) is -1.31. The molecule has 1 aliphatic heterocycles. The van der Waals surface area contributed by atoms with Crippen molar-refractivity contribution in [2.75, 3.05) is 29.5 Å². The van der Waals surface area contributed by atoms with Gasteiger partial charge in [0.05, 0.1) is 12.2 Å². The van der Waals surface area contributed by atoms with Crippen molar-refractivity contribution in [3.8, 4) is 0 Å². The highest BCUT2D eigenvalue weighted by molar-refractivity contribution is 7.99. The number of carbonyl (C=O) groups excluding carboxylic acids is 3. The number of carbonyl (C=O) groups is 3. The van der Waals surface area contributed by atoms with Gasteiger partial charge in [0, 0.05) is 30.2 Å². The van der Waals surface area contributed by atoms with Crippen molar-refractivity contribution in [1.82, 2.24) is 15.8 Å². The van der Waals surface area contributed by atoms with Gasteiger partial charge in [-0.25, -0.2) is 9.18 Å². The maximum absolute atomic E-state index is 14.5. The van der Waals surface area contributed by atoms with Crippen molar-refractivity contribution in [2.45, 2.75) is 13.0 Å². The summed E-state index contributed by atoms with van der Waals surface area (Å²) >= 11 is 1.75. The first-order valence-corrected chi connectivity index (χ1v) is 10.9. The Hall–Kier alpha value is -3.21. The van der Waals surface area contributed by atoms with Crippen LogP contribution >= 0.6 is 11.8 Å². The second-order valence-electron chi connectivity index (χ2n) is 6.86. The predicted molar refractivity (Wildman–Crippen MR) is 115 cm³/mol. The Bertz CT molecular complexity index is 969. The molecule has 0 aromatic heterocycles. The normalized spacial score (nSPS) is 13.6. The third-order valence-electron chi connectivity index (χ3n) is 4.71. The fourth-order valence-corrected chi connectivity index (χ4v) is 3.94. The smallest absolute Gasteiger partial charge is 0.323 e. The highest BCUT2D eigenvalue weighted by Gasteiger charge is 2.26. The highest BCUT2D eigenvalue weighted by atomic mass is 32.2. The standard InChI is InChI=1S/C21H21F3N4O3S/c22-16-3-1-2-4-17(16)28(21(31)27-9-11-32-12-10-27)13-14-5-7-15(8-6-14)19(29)25-26-20(30)18(23)24/h1-8,18H,9-13H2,(H,25,29)(H,26,30). The molecule has 0 unspecified atom stereocenters. The largest absolute Gasteiger partial charge is 0.324 e. The Morgan fingerprint density at radius 1 is 1.00 bits per heavy atom. The lowest BCUT2D eigenvalue weighted by Gasteiger charge is -2.33. The Kier molecular flexibility index (Phi) is 7.98. The van der Waals surface area contributed by atoms with Crippen LogP contribution in [0.1, 0.15) is 15.9 Å². The van der Waals surface area contributed by atoms with Gasteiger partial charge in [-0.2, -0.15) is 20.5 Å². The van der Waals surface area contributed by atoms with E-state index in [2.05, 4.69) is 0 Å². The summed E-state index contributed by atoms with van der Waals surface area (Å²) in [5.41, 5.74) is 4.39. The minimum atomic E-state index is -3.25. The third kappa shape index (κ3) is 5.94. The Morgan fingerprint density at radius 3 is 2.28 bits per heavy atom. The van der Waals surface area contributed by atoms with Gasteiger partial charge in [0.25, 0.3) is 5.91 Å². The average Bonchev–Trinajstić information content (AvgIpc) is 2.81. The second-order valence-corrected chi connectivity index (χ2v) is 8.09. The van der Waals surface area contributed by atoms with E-state index in [0.29, 0.717) is 18.7 Å². The van der Waals surface area contributed by atoms with Gasteiger partial charge in [-0.3, -0.25) is 25.3 Å². The first kappa shape index (κ1) is 23.5. The fourth-order valence-electron chi connectivity index (χ4n) is 3.04. The summed E-state index contributed by atoms with van der Waals surface area (Å²) in [5, 5.41) is 0. The molecule has 0 saturated carbocycles. The van der Waals surface area contributed by atoms with Crippen molar-refractivity contribution in [3.05, 3.63) is 65.5 Å². The number of halogens is 3. The number of amides is 4. The molecule has 0 bridgehead atoms. The van der Waals surface area contributed by atoms with Crippen LogP contribution in [-0.2, 0) is 11.3 Å². The van der Waals surface area contributed by atoms with Crippen LogP contribution in [0.5, 0.6) is 0 Å². The Labute approximate surface area is 186 Å². The summed E-state index contributed by atoms with van der Waals surface area (Å²) in [7, 11) is 0. The number of hydrazine groups is 1. The van der Waals surface area contributed by atoms with Crippen LogP contribution in [0.25, 0.3) is 0 Å². The van der Waals surface area contributed by atoms with E-state index >= 15 is 0 Å². The lowest BCUT2D eigenvalue weighted by atomic mass is 10.1. The van der Waals surface area contributed by atoms with E-state index in [1.807, 2.05) is 5.43 Å². The molecule has 0 spiro atoms. The molecule has 0 radical (unpaired) electrons. The topological polar surface area (TPSA) is 81.8 Å². The van der Waals surface area contributed by atoms with Gasteiger partial charge in [-0.05, 0) is 29.8 Å². The number of nitrogens with one attached hydrogen (secondary N) is 2. The monoisotopic (exact) mass is 466 g/mol. The van der Waals surface area contributed by atoms with Crippen LogP contribution < -0.4 is 15.8 Å². The number of nitrogens with zero attached hydrogens (tertiary/aromatic N) is 2. The number of hydrogen-bond donors (Lipinski definition) is 2. The molecule has 1 heterocycles. The van der Waals surface area contributed by atoms with E-state index in [9.17, 15) is 27.6 Å². The first-order chi connectivity index (χ1) is 15.4. The van der Waals surface area contributed by atoms with Gasteiger partial charge < -0.3 is 4.90 Å². The van der Waals surface area contributed by atoms with Crippen molar-refractivity contribution < 1.29 is 27.6 Å². The van der Waals surface area contributed by atoms with Crippen LogP contribution in [0.15, 0.2) is 48.5 Å². The van der Waals surface area contributed by atoms with E-state index in [1.54, 1.807) is 46.4 Å². The van der Waals surface area contributed by atoms with Crippen molar-refractivity contribution in [1.29, 1.82) is 0 Å². The summed E-state index contributed by atoms with van der Waals surface area (Å²) in [6, 6.07) is 11.6. The molecule has 2 aromatic carbocycles. The van der Waals surface area contributed by atoms with E-state index in [0.717, 1.165) is 11.5 Å². The average molecular weight is 466 g/mol. The molecule has 4 amide bonds. The van der Waals surface area contributed by atoms with Gasteiger partial charge in [0.1, 0.15) is 5.82 Å². The number of alkyl halides is 2. The van der Waals surface area contributed by atoms with Crippen LogP contribution in [0, 0.1) is 5.82 Å². The number of anilines is 1. The quantitative estimate of drug-likeness (QED) is 0.664. The van der Waals surface area contributed by atoms with E-state index < -0.39 is 24.1 Å². The molecule has 1 fully saturated rings. The molecule has 11 heteroatoms. The lowest BCUT2D eigenvalue weighted by molar-refractivity contribution is -0.132. The van der Waals surface area contributed by atoms with Crippen LogP contribution in [0.2, 0.25) is 0 Å². The molecular formula is C21H21F3N4O3S. The fraction of sp³-hybridized carbons (Fsp3) is 0.286. The Balaban J connectivity index is 1.74. The summed E-state index contributed by atoms with van der Waals surface area (Å²) in [6.45, 7) is 1.20. The molecule has 0 aliphatic carbocycles. The van der Waals surface area contributed by atoms with E-state index in [1.165, 1.54) is 29.2 Å². The van der Waals surface area contributed by atoms with Crippen LogP contribution in [-0.4, -0.2) is 53.8 Å². The number of thioether (sulfide) groups is 1. The zero-order valence-corrected chi connectivity index (χ0v) is 17.7. The number of benzene rings is 2. The van der Waals surface area contributed by atoms with Gasteiger partial charge >= 0.3 is 18.4 Å². The zero-order chi connectivity index (χ0) is 23.1. The lowest BCUT2D eigenvalue weighted by Crippen LogP contribution is -2.47. The maximum Gasteiger partial charge on any atom is 0.324 e. The van der Waals surface area contributed by atoms with Crippen molar-refractivity contribution in [3.63, 3.8) is 0 Å². The van der Waals surface area contributed by atoms with Crippen LogP contribution in [0.4, 0.5) is 23.7 Å². The molecule has 1 saturated heterocycles. The Morgan fingerprint density at radius 2 is 1.66 bits per heavy atom. The number of urea groups is 1. The zero-order valence-electron chi connectivity index (χ0n) is 16.9. The van der Waals surface area contributed by atoms with Crippen molar-refractivity contribution in [2.24, 2.45) is 0 Å². The van der Waals surface area contributed by atoms with Gasteiger partial charge in [-0.1, -0.05) is 24.3 Å². The number of para-hydroxylation sites is 1. The minimum absolute atomic E-state index is 0.0629. The van der Waals surface area contributed by atoms with E-state index in [4.69, 9.17) is 0 Å². The second kappa shape index (κ2) is 10.9. The maximum atomic E-state index is 14.5. The van der Waals surface area contributed by atoms with Crippen molar-refractivity contribution >= 4 is 35.3 Å². The van der Waals surface area contributed by atoms with E-state index in [-0.39, 0.29) is 23.8 Å². The predicted octanol–water partition coefficient (Wildman–Crippen LogP) is 3.03. The molecule has 32 heavy (non-hydrogen) atoms. The third-order valence-corrected chi connectivity index (χ3v) is 5.65. The summed E-state index contributed by atoms with van der Waals surface area (Å²) in [4.78, 5) is 39.0. The van der Waals surface area contributed by atoms with Gasteiger partial charge in [0.15, 0.2) is 0 Å². The molecular weight excluding hydrogens is 445 g/mol. The molecule has 2 N–H and O–H groups in total. The highest BCUT2D eigenvalue weighted by Crippen LogP contribution is 2.24. The number of hydrogen-bond acceptors (Lipinski definition) is 4. The SMILES string of the molecule is O=C(NNC(=O)C(F)F)c1ccc(CN(C(=O)N2CCSCC2)c2ccccc2F)cc1. The van der Waals surface area contributed by atoms with Crippen LogP contribution in [0.3, 0.4) is 0 Å². The number of rotatable bonds is 5. The minimum Gasteiger partial charge on any atom is -0.323 e.